The summed E-state index contributed by atoms with van der Waals surface area (Å²) >= 11 is 2.75. The maximum atomic E-state index is 12.5. The molecule has 0 atom stereocenters. The zero-order valence-electron chi connectivity index (χ0n) is 8.68. The van der Waals surface area contributed by atoms with Crippen LogP contribution in [0.3, 0.4) is 0 Å². The van der Waals surface area contributed by atoms with E-state index in [0.29, 0.717) is 0 Å². The van der Waals surface area contributed by atoms with Gasteiger partial charge in [-0.2, -0.15) is 13.2 Å². The Bertz CT molecular complexity index is 513. The van der Waals surface area contributed by atoms with Crippen molar-refractivity contribution in [1.82, 2.24) is 0 Å². The Balaban J connectivity index is 3.21. The lowest BCUT2D eigenvalue weighted by Gasteiger charge is -2.13. The molecule has 0 spiro atoms. The largest absolute Gasteiger partial charge is 0.417 e. The first-order valence-corrected chi connectivity index (χ1v) is 6.98. The molecule has 0 aliphatic heterocycles. The van der Waals surface area contributed by atoms with E-state index in [1.807, 2.05) is 0 Å². The third kappa shape index (κ3) is 3.60. The quantitative estimate of drug-likeness (QED) is 0.924. The van der Waals surface area contributed by atoms with Gasteiger partial charge in [-0.05, 0) is 35.0 Å². The fourth-order valence-corrected chi connectivity index (χ4v) is 2.44. The highest BCUT2D eigenvalue weighted by Crippen LogP contribution is 2.38. The number of halogens is 4. The fraction of sp³-hybridized carbons (Fsp3) is 0.333. The molecule has 0 fully saturated rings. The highest BCUT2D eigenvalue weighted by atomic mass is 79.9. The molecule has 0 aromatic heterocycles. The topological polar surface area (TPSA) is 46.2 Å². The van der Waals surface area contributed by atoms with Gasteiger partial charge in [0.1, 0.15) is 0 Å². The summed E-state index contributed by atoms with van der Waals surface area (Å²) in [6.45, 7) is 1.39. The van der Waals surface area contributed by atoms with Gasteiger partial charge < -0.3 is 0 Å². The Morgan fingerprint density at radius 3 is 2.41 bits per heavy atom. The van der Waals surface area contributed by atoms with Crippen molar-refractivity contribution in [2.45, 2.75) is 13.1 Å². The second kappa shape index (κ2) is 4.85. The van der Waals surface area contributed by atoms with Gasteiger partial charge in [0, 0.05) is 0 Å². The molecule has 17 heavy (non-hydrogen) atoms. The molecule has 1 aromatic carbocycles. The second-order valence-corrected chi connectivity index (χ2v) is 5.97. The Kier molecular flexibility index (Phi) is 4.08. The van der Waals surface area contributed by atoms with Crippen molar-refractivity contribution in [3.05, 3.63) is 28.2 Å². The number of nitrogens with one attached hydrogen (secondary N) is 1. The molecule has 0 aliphatic carbocycles. The van der Waals surface area contributed by atoms with E-state index in [-0.39, 0.29) is 15.9 Å². The normalized spacial score (nSPS) is 12.5. The maximum absolute atomic E-state index is 12.5. The first-order valence-electron chi connectivity index (χ1n) is 4.53. The molecule has 0 radical (unpaired) electrons. The van der Waals surface area contributed by atoms with E-state index < -0.39 is 21.8 Å². The van der Waals surface area contributed by atoms with Crippen molar-refractivity contribution in [3.63, 3.8) is 0 Å². The zero-order chi connectivity index (χ0) is 13.3. The first-order chi connectivity index (χ1) is 7.67. The molecule has 0 saturated carbocycles. The molecule has 96 valence electrons. The van der Waals surface area contributed by atoms with Gasteiger partial charge in [-0.1, -0.05) is 6.07 Å². The number of benzene rings is 1. The molecule has 3 nitrogen and oxygen atoms in total. The monoisotopic (exact) mass is 331 g/mol. The molecular formula is C9H9BrF3NO2S. The third-order valence-corrected chi connectivity index (χ3v) is 4.09. The van der Waals surface area contributed by atoms with Crippen molar-refractivity contribution in [3.8, 4) is 0 Å². The van der Waals surface area contributed by atoms with Gasteiger partial charge in [-0.25, -0.2) is 8.42 Å². The van der Waals surface area contributed by atoms with Gasteiger partial charge in [0.05, 0.1) is 21.5 Å². The van der Waals surface area contributed by atoms with E-state index in [1.54, 1.807) is 0 Å². The van der Waals surface area contributed by atoms with Gasteiger partial charge in [0.25, 0.3) is 0 Å². The van der Waals surface area contributed by atoms with Crippen LogP contribution in [0.5, 0.6) is 0 Å². The van der Waals surface area contributed by atoms with Crippen LogP contribution in [0.2, 0.25) is 0 Å². The van der Waals surface area contributed by atoms with Crippen LogP contribution in [0.25, 0.3) is 0 Å². The summed E-state index contributed by atoms with van der Waals surface area (Å²) in [5.74, 6) is -0.213. The molecule has 0 aliphatic rings. The number of sulfonamides is 1. The number of anilines is 1. The summed E-state index contributed by atoms with van der Waals surface area (Å²) in [6, 6.07) is 3.27. The van der Waals surface area contributed by atoms with E-state index in [9.17, 15) is 21.6 Å². The molecule has 0 unspecified atom stereocenters. The fourth-order valence-electron chi connectivity index (χ4n) is 1.07. The Morgan fingerprint density at radius 2 is 1.94 bits per heavy atom. The minimum atomic E-state index is -4.54. The Labute approximate surface area is 105 Å². The molecule has 0 heterocycles. The summed E-state index contributed by atoms with van der Waals surface area (Å²) in [4.78, 5) is 0. The van der Waals surface area contributed by atoms with Gasteiger partial charge in [0.15, 0.2) is 0 Å². The number of alkyl halides is 3. The minimum Gasteiger partial charge on any atom is -0.282 e. The van der Waals surface area contributed by atoms with Gasteiger partial charge >= 0.3 is 6.18 Å². The molecule has 0 bridgehead atoms. The molecule has 1 rings (SSSR count). The predicted octanol–water partition coefficient (Wildman–Crippen LogP) is 3.23. The van der Waals surface area contributed by atoms with Crippen molar-refractivity contribution in [2.24, 2.45) is 0 Å². The van der Waals surface area contributed by atoms with Crippen LogP contribution < -0.4 is 4.72 Å². The van der Waals surface area contributed by atoms with Gasteiger partial charge in [-0.3, -0.25) is 4.72 Å². The smallest absolute Gasteiger partial charge is 0.282 e. The average molecular weight is 332 g/mol. The lowest BCUT2D eigenvalue weighted by Crippen LogP contribution is -2.16. The number of hydrogen-bond acceptors (Lipinski definition) is 2. The van der Waals surface area contributed by atoms with Crippen LogP contribution in [0.15, 0.2) is 22.7 Å². The molecule has 1 N–H and O–H groups in total. The average Bonchev–Trinajstić information content (AvgIpc) is 2.19. The predicted molar refractivity (Wildman–Crippen MR) is 62.2 cm³/mol. The van der Waals surface area contributed by atoms with Gasteiger partial charge in [-0.15, -0.1) is 0 Å². The second-order valence-electron chi connectivity index (χ2n) is 3.17. The molecule has 0 saturated heterocycles. The van der Waals surface area contributed by atoms with Gasteiger partial charge in [0.2, 0.25) is 10.0 Å². The Morgan fingerprint density at radius 1 is 1.35 bits per heavy atom. The van der Waals surface area contributed by atoms with Crippen LogP contribution in [0, 0.1) is 0 Å². The molecule has 0 amide bonds. The van der Waals surface area contributed by atoms with Crippen molar-refractivity contribution >= 4 is 31.6 Å². The maximum Gasteiger partial charge on any atom is 0.417 e. The van der Waals surface area contributed by atoms with E-state index in [2.05, 4.69) is 20.7 Å². The van der Waals surface area contributed by atoms with E-state index in [1.165, 1.54) is 13.0 Å². The highest BCUT2D eigenvalue weighted by Gasteiger charge is 2.33. The van der Waals surface area contributed by atoms with Crippen molar-refractivity contribution in [1.29, 1.82) is 0 Å². The van der Waals surface area contributed by atoms with Crippen LogP contribution in [0.1, 0.15) is 12.5 Å². The van der Waals surface area contributed by atoms with Crippen LogP contribution in [-0.2, 0) is 16.2 Å². The van der Waals surface area contributed by atoms with Crippen LogP contribution in [0.4, 0.5) is 18.9 Å². The summed E-state index contributed by atoms with van der Waals surface area (Å²) in [7, 11) is -3.60. The SMILES string of the molecule is CCS(=O)(=O)Nc1cccc(C(F)(F)F)c1Br. The van der Waals surface area contributed by atoms with Crippen molar-refractivity contribution in [2.75, 3.05) is 10.5 Å². The first kappa shape index (κ1) is 14.3. The molecular weight excluding hydrogens is 323 g/mol. The summed E-state index contributed by atoms with van der Waals surface area (Å²) in [5, 5.41) is 0. The minimum absolute atomic E-state index is 0.123. The standard InChI is InChI=1S/C9H9BrF3NO2S/c1-2-17(15,16)14-7-5-3-4-6(8(7)10)9(11,12)13/h3-5,14H,2H2,1H3. The summed E-state index contributed by atoms with van der Waals surface area (Å²) in [6.07, 6.45) is -4.54. The zero-order valence-corrected chi connectivity index (χ0v) is 11.1. The number of hydrogen-bond donors (Lipinski definition) is 1. The van der Waals surface area contributed by atoms with Crippen LogP contribution in [-0.4, -0.2) is 14.2 Å². The van der Waals surface area contributed by atoms with E-state index in [4.69, 9.17) is 0 Å². The lowest BCUT2D eigenvalue weighted by molar-refractivity contribution is -0.138. The summed E-state index contributed by atoms with van der Waals surface area (Å²) in [5.41, 5.74) is -1.05. The van der Waals surface area contributed by atoms with Crippen LogP contribution >= 0.6 is 15.9 Å². The third-order valence-electron chi connectivity index (χ3n) is 1.95. The Hall–Kier alpha value is -0.760. The highest BCUT2D eigenvalue weighted by molar-refractivity contribution is 9.10. The lowest BCUT2D eigenvalue weighted by atomic mass is 10.2. The summed E-state index contributed by atoms with van der Waals surface area (Å²) < 4.78 is 61.9. The molecule has 8 heteroatoms. The van der Waals surface area contributed by atoms with E-state index >= 15 is 0 Å². The van der Waals surface area contributed by atoms with E-state index in [0.717, 1.165) is 12.1 Å². The molecule has 1 aromatic rings. The number of rotatable bonds is 3. The van der Waals surface area contributed by atoms with Crippen molar-refractivity contribution < 1.29 is 21.6 Å².